The van der Waals surface area contributed by atoms with Gasteiger partial charge < -0.3 is 55.0 Å². The zero-order valence-corrected chi connectivity index (χ0v) is 44.2. The smallest absolute Gasteiger partial charge is 0.161 e. The van der Waals surface area contributed by atoms with Gasteiger partial charge in [-0.15, -0.1) is 0 Å². The summed E-state index contributed by atoms with van der Waals surface area (Å²) in [4.78, 5) is 3.40. The van der Waals surface area contributed by atoms with Gasteiger partial charge >= 0.3 is 0 Å². The van der Waals surface area contributed by atoms with E-state index in [0.717, 1.165) is 80.5 Å². The summed E-state index contributed by atoms with van der Waals surface area (Å²) in [6, 6.07) is 28.1. The molecule has 7 atom stereocenters. The maximum atomic E-state index is 12.0. The third-order valence-electron chi connectivity index (χ3n) is 16.2. The first-order chi connectivity index (χ1) is 36.9. The number of nitrogens with one attached hydrogen (secondary N) is 5. The van der Waals surface area contributed by atoms with E-state index in [1.165, 1.54) is 16.7 Å². The van der Waals surface area contributed by atoms with Crippen molar-refractivity contribution in [2.24, 2.45) is 5.92 Å². The maximum absolute atomic E-state index is 12.0. The average molecular weight is 1030 g/mol. The number of phenolic OH excluding ortho intramolecular Hbond substituents is 2. The number of aromatic nitrogens is 1. The molecule has 9 N–H and O–H groups in total. The first-order valence-corrected chi connectivity index (χ1v) is 27.4. The van der Waals surface area contributed by atoms with Gasteiger partial charge in [-0.3, -0.25) is 10.6 Å². The lowest BCUT2D eigenvalue weighted by Gasteiger charge is -2.50. The molecular formula is C63H73N5O8. The van der Waals surface area contributed by atoms with Crippen LogP contribution in [0.25, 0.3) is 28.1 Å². The van der Waals surface area contributed by atoms with Gasteiger partial charge in [0.05, 0.1) is 25.5 Å². The third kappa shape index (κ3) is 10.1. The molecule has 0 spiro atoms. The minimum atomic E-state index is -1.20. The average Bonchev–Trinajstić information content (AvgIpc) is 3.90. The lowest BCUT2D eigenvalue weighted by molar-refractivity contribution is -0.141. The highest BCUT2D eigenvalue weighted by atomic mass is 16.6. The predicted octanol–water partition coefficient (Wildman–Crippen LogP) is 8.67. The van der Waals surface area contributed by atoms with Crippen LogP contribution in [0.2, 0.25) is 0 Å². The van der Waals surface area contributed by atoms with Gasteiger partial charge in [0, 0.05) is 72.5 Å². The molecule has 7 unspecified atom stereocenters. The molecule has 3 aliphatic heterocycles. The molecule has 0 saturated heterocycles. The predicted molar refractivity (Wildman–Crippen MR) is 297 cm³/mol. The van der Waals surface area contributed by atoms with E-state index in [1.807, 2.05) is 38.4 Å². The number of hydrogen-bond donors (Lipinski definition) is 9. The van der Waals surface area contributed by atoms with Crippen LogP contribution >= 0.6 is 0 Å². The van der Waals surface area contributed by atoms with Crippen molar-refractivity contribution in [2.75, 3.05) is 53.3 Å². The third-order valence-corrected chi connectivity index (χ3v) is 16.2. The molecule has 6 aromatic rings. The number of phenols is 2. The van der Waals surface area contributed by atoms with Crippen LogP contribution in [0.4, 0.5) is 0 Å². The standard InChI is InChI=1S/C63H73N5O8/c1-38(2)31-62(3,72)35-66-36-68-55-14-8-9-26-73-54-29-42(16-21-53(54)71)61-63(55,74-37-64-4)32-50-47-30-49-56(41-15-20-51-40(27-41)23-25-67-51)43(33-65-24-10-13-39-11-6-5-7-12-39)28-48-52(70)22-19-45(57(48)49)58(47)60-46(59(50)76-61)18-17-44(34-69)75-60/h5-7,11-12,15-16,19-23,25,27-29,38,44,49,55-56,61,64-72H,9-10,13,17-18,24,26,30-37H2,1-4H3. The summed E-state index contributed by atoms with van der Waals surface area (Å²) >= 11 is 0. The van der Waals surface area contributed by atoms with E-state index in [4.69, 9.17) is 18.9 Å². The molecule has 1 aromatic heterocycles. The molecular weight excluding hydrogens is 955 g/mol. The van der Waals surface area contributed by atoms with E-state index >= 15 is 0 Å². The van der Waals surface area contributed by atoms with Gasteiger partial charge in [0.2, 0.25) is 0 Å². The zero-order valence-electron chi connectivity index (χ0n) is 44.2. The van der Waals surface area contributed by atoms with Crippen LogP contribution in [-0.4, -0.2) is 102 Å². The fourth-order valence-corrected chi connectivity index (χ4v) is 13.0. The molecule has 0 fully saturated rings. The lowest BCUT2D eigenvalue weighted by Crippen LogP contribution is -2.62. The summed E-state index contributed by atoms with van der Waals surface area (Å²) in [6.07, 6.45) is 8.17. The monoisotopic (exact) mass is 1030 g/mol. The number of hydrogen-bond acceptors (Lipinski definition) is 12. The zero-order chi connectivity index (χ0) is 52.6. The van der Waals surface area contributed by atoms with Crippen LogP contribution < -0.4 is 35.5 Å². The minimum Gasteiger partial charge on any atom is -0.507 e. The Kier molecular flexibility index (Phi) is 14.9. The van der Waals surface area contributed by atoms with Gasteiger partial charge in [-0.05, 0) is 158 Å². The Morgan fingerprint density at radius 2 is 1.78 bits per heavy atom. The Labute approximate surface area is 446 Å². The molecule has 2 aliphatic carbocycles. The highest BCUT2D eigenvalue weighted by Crippen LogP contribution is 2.62. The van der Waals surface area contributed by atoms with Gasteiger partial charge in [0.15, 0.2) is 17.6 Å². The van der Waals surface area contributed by atoms with Crippen molar-refractivity contribution in [1.82, 2.24) is 26.3 Å². The molecule has 0 radical (unpaired) electrons. The van der Waals surface area contributed by atoms with Crippen molar-refractivity contribution in [3.8, 4) is 51.7 Å². The van der Waals surface area contributed by atoms with Crippen LogP contribution in [0.1, 0.15) is 109 Å². The van der Waals surface area contributed by atoms with E-state index < -0.39 is 29.5 Å². The summed E-state index contributed by atoms with van der Waals surface area (Å²) in [5.41, 5.74) is 10.3. The number of benzene rings is 5. The Morgan fingerprint density at radius 3 is 2.61 bits per heavy atom. The van der Waals surface area contributed by atoms with Crippen LogP contribution in [0, 0.1) is 17.8 Å². The molecule has 11 rings (SSSR count). The van der Waals surface area contributed by atoms with Crippen molar-refractivity contribution in [3.63, 3.8) is 0 Å². The van der Waals surface area contributed by atoms with E-state index in [1.54, 1.807) is 6.07 Å². The fourth-order valence-electron chi connectivity index (χ4n) is 13.0. The SMILES string of the molecule is CNCOC12Cc3c4c(c5c(c3OC1c1ccc(O)c(c1)OCCC#CC2NCNCC(C)(O)CC(C)C)CCC(CO)O5)-c1ccc(O)c2c1C(C4)C(c1ccc3[nH]ccc3c1)C(CNCCCc1ccccc1)=C2. The number of aromatic amines is 1. The highest BCUT2D eigenvalue weighted by Gasteiger charge is 2.55. The normalized spacial score (nSPS) is 22.9. The number of aromatic hydroxyl groups is 2. The molecule has 398 valence electrons. The fraction of sp³-hybridized carbons (Fsp3) is 0.429. The van der Waals surface area contributed by atoms with Crippen LogP contribution in [-0.2, 0) is 30.4 Å². The second-order valence-electron chi connectivity index (χ2n) is 22.2. The molecule has 5 aromatic carbocycles. The Hall–Kier alpha value is -6.34. The van der Waals surface area contributed by atoms with Crippen molar-refractivity contribution in [3.05, 3.63) is 141 Å². The first kappa shape index (κ1) is 51.8. The second kappa shape index (κ2) is 22.0. The molecule has 0 saturated carbocycles. The topological polar surface area (TPSA) is 182 Å². The number of fused-ring (bicyclic) bond motifs is 12. The molecule has 0 amide bonds. The number of H-pyrrole nitrogens is 1. The Bertz CT molecular complexity index is 3170. The summed E-state index contributed by atoms with van der Waals surface area (Å²) in [5.74, 6) is 9.19. The lowest BCUT2D eigenvalue weighted by atomic mass is 9.62. The van der Waals surface area contributed by atoms with Crippen molar-refractivity contribution >= 4 is 17.0 Å². The van der Waals surface area contributed by atoms with Gasteiger partial charge in [-0.2, -0.15) is 0 Å². The molecule has 2 bridgehead atoms. The van der Waals surface area contributed by atoms with Gasteiger partial charge in [0.1, 0.15) is 35.0 Å². The molecule has 4 heterocycles. The maximum Gasteiger partial charge on any atom is 0.161 e. The summed E-state index contributed by atoms with van der Waals surface area (Å²) in [6.45, 7) is 8.55. The summed E-state index contributed by atoms with van der Waals surface area (Å²) in [7, 11) is 1.86. The quantitative estimate of drug-likeness (QED) is 0.0228. The largest absolute Gasteiger partial charge is 0.507 e. The summed E-state index contributed by atoms with van der Waals surface area (Å²) in [5, 5.41) is 60.7. The number of rotatable bonds is 18. The minimum absolute atomic E-state index is 0.0219. The van der Waals surface area contributed by atoms with Gasteiger partial charge in [0.25, 0.3) is 0 Å². The van der Waals surface area contributed by atoms with E-state index in [2.05, 4.69) is 119 Å². The first-order valence-electron chi connectivity index (χ1n) is 27.4. The Morgan fingerprint density at radius 1 is 0.934 bits per heavy atom. The van der Waals surface area contributed by atoms with E-state index in [-0.39, 0.29) is 43.3 Å². The number of aliphatic hydroxyl groups is 2. The molecule has 13 heteroatoms. The molecule has 76 heavy (non-hydrogen) atoms. The van der Waals surface area contributed by atoms with E-state index in [0.29, 0.717) is 75.7 Å². The van der Waals surface area contributed by atoms with Gasteiger partial charge in [-0.25, -0.2) is 0 Å². The molecule has 5 aliphatic rings. The summed E-state index contributed by atoms with van der Waals surface area (Å²) < 4.78 is 28.2. The second-order valence-corrected chi connectivity index (χ2v) is 22.2. The van der Waals surface area contributed by atoms with Gasteiger partial charge in [-0.1, -0.05) is 74.2 Å². The number of aliphatic hydroxyl groups excluding tert-OH is 1. The highest BCUT2D eigenvalue weighted by molar-refractivity contribution is 5.90. The van der Waals surface area contributed by atoms with Crippen molar-refractivity contribution in [2.45, 2.75) is 113 Å². The van der Waals surface area contributed by atoms with Crippen LogP contribution in [0.3, 0.4) is 0 Å². The van der Waals surface area contributed by atoms with E-state index in [9.17, 15) is 20.4 Å². The van der Waals surface area contributed by atoms with Crippen LogP contribution in [0.5, 0.6) is 28.7 Å². The van der Waals surface area contributed by atoms with Crippen LogP contribution in [0.15, 0.2) is 96.7 Å². The molecule has 13 nitrogen and oxygen atoms in total. The van der Waals surface area contributed by atoms with Crippen molar-refractivity contribution < 1.29 is 39.4 Å². The number of aryl methyl sites for hydroxylation is 1. The Balaban J connectivity index is 1.07. The van der Waals surface area contributed by atoms with Crippen molar-refractivity contribution in [1.29, 1.82) is 0 Å². The number of ether oxygens (including phenoxy) is 4.